The highest BCUT2D eigenvalue weighted by molar-refractivity contribution is 5.48. The molecule has 1 aliphatic heterocycles. The molecular weight excluding hydrogens is 114 g/mol. The summed E-state index contributed by atoms with van der Waals surface area (Å²) in [4.78, 5) is 4.20. The highest BCUT2D eigenvalue weighted by Gasteiger charge is 2.24. The van der Waals surface area contributed by atoms with Gasteiger partial charge >= 0.3 is 0 Å². The van der Waals surface area contributed by atoms with Crippen LogP contribution >= 0.6 is 0 Å². The number of rotatable bonds is 0. The topological polar surface area (TPSA) is 21.6 Å². The van der Waals surface area contributed by atoms with Crippen LogP contribution in [0.4, 0.5) is 0 Å². The van der Waals surface area contributed by atoms with Crippen molar-refractivity contribution in [3.8, 4) is 0 Å². The summed E-state index contributed by atoms with van der Waals surface area (Å²) in [6.45, 7) is 0. The third-order valence-electron chi connectivity index (χ3n) is 2.12. The molecule has 2 aliphatic rings. The molecule has 0 spiro atoms. The Hall–Kier alpha value is -0.530. The van der Waals surface area contributed by atoms with Gasteiger partial charge < -0.3 is 4.74 Å². The third kappa shape index (κ3) is 0.934. The number of ether oxygens (including phenoxy) is 1. The zero-order chi connectivity index (χ0) is 6.10. The molecule has 0 saturated heterocycles. The van der Waals surface area contributed by atoms with Crippen molar-refractivity contribution < 1.29 is 4.74 Å². The largest absolute Gasteiger partial charge is 0.480 e. The Kier molecular flexibility index (Phi) is 1.18. The average Bonchev–Trinajstić information content (AvgIpc) is 1.88. The van der Waals surface area contributed by atoms with Gasteiger partial charge in [0.25, 0.3) is 0 Å². The number of hydrogen-bond acceptors (Lipinski definition) is 2. The van der Waals surface area contributed by atoms with Gasteiger partial charge in [-0.15, -0.1) is 0 Å². The van der Waals surface area contributed by atoms with Crippen molar-refractivity contribution in [2.75, 3.05) is 0 Å². The minimum Gasteiger partial charge on any atom is -0.480 e. The Morgan fingerprint density at radius 3 is 3.22 bits per heavy atom. The molecule has 0 aromatic heterocycles. The van der Waals surface area contributed by atoms with Gasteiger partial charge in [0.05, 0.1) is 6.04 Å². The Morgan fingerprint density at radius 2 is 2.44 bits per heavy atom. The predicted octanol–water partition coefficient (Wildman–Crippen LogP) is 1.36. The first-order valence-corrected chi connectivity index (χ1v) is 3.62. The quantitative estimate of drug-likeness (QED) is 0.479. The fraction of sp³-hybridized carbons (Fsp3) is 0.857. The molecule has 0 aromatic carbocycles. The Labute approximate surface area is 54.9 Å². The maximum absolute atomic E-state index is 5.26. The van der Waals surface area contributed by atoms with Crippen LogP contribution in [0.3, 0.4) is 0 Å². The molecule has 50 valence electrons. The van der Waals surface area contributed by atoms with Gasteiger partial charge in [-0.3, -0.25) is 4.99 Å². The molecule has 1 aliphatic carbocycles. The second kappa shape index (κ2) is 2.01. The summed E-state index contributed by atoms with van der Waals surface area (Å²) >= 11 is 0. The van der Waals surface area contributed by atoms with Crippen LogP contribution < -0.4 is 0 Å². The van der Waals surface area contributed by atoms with E-state index in [1.807, 2.05) is 0 Å². The number of nitrogens with zero attached hydrogens (tertiary/aromatic N) is 1. The maximum Gasteiger partial charge on any atom is 0.170 e. The average molecular weight is 125 g/mol. The van der Waals surface area contributed by atoms with Gasteiger partial charge in [0.2, 0.25) is 0 Å². The molecule has 9 heavy (non-hydrogen) atoms. The SMILES string of the molecule is C1=NC2CCCC(C2)O1. The molecule has 1 fully saturated rings. The van der Waals surface area contributed by atoms with E-state index in [1.165, 1.54) is 19.3 Å². The molecule has 2 atom stereocenters. The highest BCUT2D eigenvalue weighted by atomic mass is 16.5. The lowest BCUT2D eigenvalue weighted by Crippen LogP contribution is -2.28. The predicted molar refractivity (Wildman–Crippen MR) is 35.6 cm³/mol. The van der Waals surface area contributed by atoms with E-state index in [-0.39, 0.29) is 0 Å². The maximum atomic E-state index is 5.26. The van der Waals surface area contributed by atoms with Crippen LogP contribution in [0.25, 0.3) is 0 Å². The standard InChI is InChI=1S/C7H11NO/c1-2-6-4-7(3-1)9-5-8-6/h5-7H,1-4H2. The highest BCUT2D eigenvalue weighted by Crippen LogP contribution is 2.25. The van der Waals surface area contributed by atoms with Gasteiger partial charge in [0, 0.05) is 6.42 Å². The van der Waals surface area contributed by atoms with Gasteiger partial charge in [-0.1, -0.05) is 0 Å². The molecule has 1 saturated carbocycles. The summed E-state index contributed by atoms with van der Waals surface area (Å²) in [7, 11) is 0. The summed E-state index contributed by atoms with van der Waals surface area (Å²) in [5, 5.41) is 0. The van der Waals surface area contributed by atoms with Crippen LogP contribution in [-0.4, -0.2) is 18.5 Å². The minimum atomic E-state index is 0.501. The normalized spacial score (nSPS) is 40.0. The molecule has 1 heterocycles. The third-order valence-corrected chi connectivity index (χ3v) is 2.12. The van der Waals surface area contributed by atoms with E-state index in [1.54, 1.807) is 6.40 Å². The fourth-order valence-electron chi connectivity index (χ4n) is 1.59. The van der Waals surface area contributed by atoms with Crippen molar-refractivity contribution in [2.24, 2.45) is 4.99 Å². The summed E-state index contributed by atoms with van der Waals surface area (Å²) < 4.78 is 5.26. The van der Waals surface area contributed by atoms with Crippen LogP contribution in [0.2, 0.25) is 0 Å². The zero-order valence-corrected chi connectivity index (χ0v) is 5.42. The number of hydrogen-bond donors (Lipinski definition) is 0. The van der Waals surface area contributed by atoms with Gasteiger partial charge in [0.1, 0.15) is 6.10 Å². The van der Waals surface area contributed by atoms with Crippen LogP contribution in [0.5, 0.6) is 0 Å². The van der Waals surface area contributed by atoms with E-state index >= 15 is 0 Å². The summed E-state index contributed by atoms with van der Waals surface area (Å²) in [5.74, 6) is 0. The smallest absolute Gasteiger partial charge is 0.170 e. The van der Waals surface area contributed by atoms with E-state index in [0.29, 0.717) is 12.1 Å². The summed E-state index contributed by atoms with van der Waals surface area (Å²) in [6, 6.07) is 0.595. The van der Waals surface area contributed by atoms with Gasteiger partial charge in [-0.05, 0) is 19.3 Å². The molecule has 0 aromatic rings. The van der Waals surface area contributed by atoms with E-state index < -0.39 is 0 Å². The Balaban J connectivity index is 2.09. The number of aliphatic imine (C=N–C) groups is 1. The Morgan fingerprint density at radius 1 is 1.44 bits per heavy atom. The van der Waals surface area contributed by atoms with Crippen molar-refractivity contribution in [2.45, 2.75) is 37.8 Å². The lowest BCUT2D eigenvalue weighted by Gasteiger charge is -2.29. The summed E-state index contributed by atoms with van der Waals surface area (Å²) in [5.41, 5.74) is 0. The molecule has 0 amide bonds. The molecule has 0 radical (unpaired) electrons. The summed E-state index contributed by atoms with van der Waals surface area (Å²) in [6.07, 6.45) is 7.11. The molecule has 2 bridgehead atoms. The second-order valence-corrected chi connectivity index (χ2v) is 2.83. The van der Waals surface area contributed by atoms with E-state index in [4.69, 9.17) is 4.74 Å². The van der Waals surface area contributed by atoms with Gasteiger partial charge in [-0.2, -0.15) is 0 Å². The van der Waals surface area contributed by atoms with Crippen molar-refractivity contribution in [1.29, 1.82) is 0 Å². The lowest BCUT2D eigenvalue weighted by molar-refractivity contribution is 0.122. The van der Waals surface area contributed by atoms with Crippen LogP contribution in [0.1, 0.15) is 25.7 Å². The fourth-order valence-corrected chi connectivity index (χ4v) is 1.59. The lowest BCUT2D eigenvalue weighted by atomic mass is 9.93. The van der Waals surface area contributed by atoms with Gasteiger partial charge in [0.15, 0.2) is 6.40 Å². The van der Waals surface area contributed by atoms with Crippen LogP contribution in [-0.2, 0) is 4.74 Å². The van der Waals surface area contributed by atoms with E-state index in [0.717, 1.165) is 6.42 Å². The molecular formula is C7H11NO. The van der Waals surface area contributed by atoms with Crippen molar-refractivity contribution in [3.63, 3.8) is 0 Å². The minimum absolute atomic E-state index is 0.501. The van der Waals surface area contributed by atoms with E-state index in [9.17, 15) is 0 Å². The monoisotopic (exact) mass is 125 g/mol. The van der Waals surface area contributed by atoms with Crippen molar-refractivity contribution >= 4 is 6.40 Å². The molecule has 2 heteroatoms. The van der Waals surface area contributed by atoms with Crippen molar-refractivity contribution in [1.82, 2.24) is 0 Å². The molecule has 2 unspecified atom stereocenters. The van der Waals surface area contributed by atoms with Crippen LogP contribution in [0.15, 0.2) is 4.99 Å². The first kappa shape index (κ1) is 5.27. The first-order valence-electron chi connectivity index (χ1n) is 3.62. The van der Waals surface area contributed by atoms with Gasteiger partial charge in [-0.25, -0.2) is 0 Å². The molecule has 2 rings (SSSR count). The van der Waals surface area contributed by atoms with E-state index in [2.05, 4.69) is 4.99 Å². The first-order chi connectivity index (χ1) is 4.45. The second-order valence-electron chi connectivity index (χ2n) is 2.83. The number of fused-ring (bicyclic) bond motifs is 2. The Bertz CT molecular complexity index is 133. The van der Waals surface area contributed by atoms with Crippen LogP contribution in [0, 0.1) is 0 Å². The van der Waals surface area contributed by atoms with Crippen molar-refractivity contribution in [3.05, 3.63) is 0 Å². The zero-order valence-electron chi connectivity index (χ0n) is 5.42. The molecule has 0 N–H and O–H groups in total. The molecule has 2 nitrogen and oxygen atoms in total.